The Hall–Kier alpha value is -3.21. The van der Waals surface area contributed by atoms with Crippen LogP contribution in [0.2, 0.25) is 0 Å². The van der Waals surface area contributed by atoms with Crippen molar-refractivity contribution < 1.29 is 4.79 Å². The molecule has 134 valence electrons. The molecule has 2 aliphatic rings. The number of nitrogens with zero attached hydrogens (tertiary/aromatic N) is 2. The summed E-state index contributed by atoms with van der Waals surface area (Å²) < 4.78 is 0. The van der Waals surface area contributed by atoms with Gasteiger partial charge in [-0.1, -0.05) is 48.6 Å². The predicted molar refractivity (Wildman–Crippen MR) is 104 cm³/mol. The molecule has 2 N–H and O–H groups in total. The molecule has 5 rings (SSSR count). The highest BCUT2D eigenvalue weighted by molar-refractivity contribution is 5.95. The molecule has 5 nitrogen and oxygen atoms in total. The van der Waals surface area contributed by atoms with Gasteiger partial charge in [0.2, 0.25) is 5.91 Å². The normalized spacial score (nSPS) is 20.9. The average molecular weight is 356 g/mol. The highest BCUT2D eigenvalue weighted by Crippen LogP contribution is 2.41. The number of aromatic amines is 1. The van der Waals surface area contributed by atoms with E-state index >= 15 is 0 Å². The molecule has 3 aromatic rings. The summed E-state index contributed by atoms with van der Waals surface area (Å²) in [7, 11) is 0. The third-order valence-corrected chi connectivity index (χ3v) is 5.47. The molecular formula is C22H20N4O. The number of anilines is 1. The summed E-state index contributed by atoms with van der Waals surface area (Å²) in [4.78, 5) is 16.8. The molecule has 1 unspecified atom stereocenters. The van der Waals surface area contributed by atoms with Gasteiger partial charge < -0.3 is 5.32 Å². The number of hydrogen-bond acceptors (Lipinski definition) is 3. The molecule has 0 saturated heterocycles. The molecule has 1 saturated carbocycles. The van der Waals surface area contributed by atoms with Gasteiger partial charge in [0.1, 0.15) is 0 Å². The molecule has 2 aromatic heterocycles. The van der Waals surface area contributed by atoms with E-state index in [9.17, 15) is 4.79 Å². The van der Waals surface area contributed by atoms with Crippen molar-refractivity contribution in [1.29, 1.82) is 0 Å². The first-order valence-corrected chi connectivity index (χ1v) is 9.31. The van der Waals surface area contributed by atoms with E-state index < -0.39 is 0 Å². The molecule has 27 heavy (non-hydrogen) atoms. The maximum absolute atomic E-state index is 12.1. The van der Waals surface area contributed by atoms with Gasteiger partial charge in [-0.15, -0.1) is 0 Å². The molecule has 0 aliphatic heterocycles. The number of amides is 1. The first-order chi connectivity index (χ1) is 13.3. The quantitative estimate of drug-likeness (QED) is 0.749. The van der Waals surface area contributed by atoms with E-state index in [-0.39, 0.29) is 17.2 Å². The minimum Gasteiger partial charge on any atom is -0.308 e. The second-order valence-electron chi connectivity index (χ2n) is 7.29. The van der Waals surface area contributed by atoms with Crippen molar-refractivity contribution in [2.24, 2.45) is 5.92 Å². The number of carbonyl (C=O) groups excluding carboxylic acids is 1. The standard InChI is InChI=1S/C22H20N4O/c27-21(15-9-10-15)24-20-17-11-12-22(14-18(17)25-26-20,16-6-2-1-3-7-16)19-8-4-5-13-23-19/h1-8,11-13,15H,9-10,14H2,(H2,24,25,26,27). The van der Waals surface area contributed by atoms with Gasteiger partial charge in [0.25, 0.3) is 0 Å². The lowest BCUT2D eigenvalue weighted by atomic mass is 9.70. The fourth-order valence-electron chi connectivity index (χ4n) is 3.81. The molecule has 0 bridgehead atoms. The fourth-order valence-corrected chi connectivity index (χ4v) is 3.81. The zero-order valence-electron chi connectivity index (χ0n) is 14.9. The highest BCUT2D eigenvalue weighted by atomic mass is 16.2. The molecule has 2 aliphatic carbocycles. The zero-order valence-corrected chi connectivity index (χ0v) is 14.9. The summed E-state index contributed by atoms with van der Waals surface area (Å²) in [5.41, 5.74) is 3.80. The third kappa shape index (κ3) is 2.76. The molecule has 0 spiro atoms. The molecular weight excluding hydrogens is 336 g/mol. The number of fused-ring (bicyclic) bond motifs is 1. The van der Waals surface area contributed by atoms with Crippen molar-refractivity contribution in [3.8, 4) is 0 Å². The highest BCUT2D eigenvalue weighted by Gasteiger charge is 2.38. The van der Waals surface area contributed by atoms with Crippen molar-refractivity contribution in [2.75, 3.05) is 5.32 Å². The Kier molecular flexibility index (Phi) is 3.67. The monoisotopic (exact) mass is 356 g/mol. The molecule has 1 fully saturated rings. The van der Waals surface area contributed by atoms with Crippen LogP contribution < -0.4 is 5.32 Å². The second kappa shape index (κ2) is 6.20. The van der Waals surface area contributed by atoms with Crippen molar-refractivity contribution >= 4 is 17.8 Å². The molecule has 0 radical (unpaired) electrons. The van der Waals surface area contributed by atoms with Crippen LogP contribution in [-0.4, -0.2) is 21.1 Å². The van der Waals surface area contributed by atoms with Crippen molar-refractivity contribution in [3.63, 3.8) is 0 Å². The first kappa shape index (κ1) is 16.0. The van der Waals surface area contributed by atoms with E-state index in [1.165, 1.54) is 5.56 Å². The lowest BCUT2D eigenvalue weighted by Gasteiger charge is -2.33. The number of nitrogens with one attached hydrogen (secondary N) is 2. The number of H-pyrrole nitrogens is 1. The van der Waals surface area contributed by atoms with E-state index in [0.717, 1.165) is 29.8 Å². The number of rotatable bonds is 4. The lowest BCUT2D eigenvalue weighted by Crippen LogP contribution is -2.31. The van der Waals surface area contributed by atoms with Crippen LogP contribution in [0.4, 0.5) is 5.82 Å². The summed E-state index contributed by atoms with van der Waals surface area (Å²) >= 11 is 0. The molecule has 1 atom stereocenters. The van der Waals surface area contributed by atoms with E-state index in [1.54, 1.807) is 0 Å². The van der Waals surface area contributed by atoms with E-state index in [2.05, 4.69) is 63.0 Å². The predicted octanol–water partition coefficient (Wildman–Crippen LogP) is 3.71. The average Bonchev–Trinajstić information content (AvgIpc) is 3.52. The van der Waals surface area contributed by atoms with Crippen LogP contribution in [0.25, 0.3) is 6.08 Å². The van der Waals surface area contributed by atoms with Gasteiger partial charge in [-0.05, 0) is 30.5 Å². The zero-order chi connectivity index (χ0) is 18.3. The van der Waals surface area contributed by atoms with Gasteiger partial charge in [-0.2, -0.15) is 5.10 Å². The number of allylic oxidation sites excluding steroid dienone is 1. The van der Waals surface area contributed by atoms with Gasteiger partial charge in [-0.3, -0.25) is 14.9 Å². The first-order valence-electron chi connectivity index (χ1n) is 9.31. The largest absolute Gasteiger partial charge is 0.308 e. The van der Waals surface area contributed by atoms with E-state index in [1.807, 2.05) is 24.4 Å². The van der Waals surface area contributed by atoms with Gasteiger partial charge >= 0.3 is 0 Å². The summed E-state index contributed by atoms with van der Waals surface area (Å²) in [6.07, 6.45) is 8.75. The number of carbonyl (C=O) groups is 1. The Morgan fingerprint density at radius 1 is 1.11 bits per heavy atom. The number of benzene rings is 1. The second-order valence-corrected chi connectivity index (χ2v) is 7.29. The molecule has 1 amide bonds. The maximum Gasteiger partial charge on any atom is 0.228 e. The number of pyridine rings is 1. The molecule has 2 heterocycles. The van der Waals surface area contributed by atoms with Crippen LogP contribution in [0.5, 0.6) is 0 Å². The van der Waals surface area contributed by atoms with Crippen LogP contribution >= 0.6 is 0 Å². The summed E-state index contributed by atoms with van der Waals surface area (Å²) in [5, 5.41) is 10.5. The molecule has 1 aromatic carbocycles. The Labute approximate surface area is 157 Å². The van der Waals surface area contributed by atoms with Crippen LogP contribution in [0.15, 0.2) is 60.8 Å². The summed E-state index contributed by atoms with van der Waals surface area (Å²) in [6, 6.07) is 16.4. The van der Waals surface area contributed by atoms with Gasteiger partial charge in [-0.25, -0.2) is 0 Å². The van der Waals surface area contributed by atoms with Crippen molar-refractivity contribution in [3.05, 3.63) is 83.3 Å². The minimum absolute atomic E-state index is 0.0716. The number of aromatic nitrogens is 3. The maximum atomic E-state index is 12.1. The SMILES string of the molecule is O=C(Nc1n[nH]c2c1C=CC(c1ccccc1)(c1ccccn1)C2)C1CC1. The summed E-state index contributed by atoms with van der Waals surface area (Å²) in [6.45, 7) is 0. The fraction of sp³-hybridized carbons (Fsp3) is 0.227. The topological polar surface area (TPSA) is 70.7 Å². The minimum atomic E-state index is -0.361. The Balaban J connectivity index is 1.56. The van der Waals surface area contributed by atoms with Crippen LogP contribution in [0, 0.1) is 5.92 Å². The van der Waals surface area contributed by atoms with E-state index in [0.29, 0.717) is 12.2 Å². The number of hydrogen-bond donors (Lipinski definition) is 2. The Bertz CT molecular complexity index is 964. The van der Waals surface area contributed by atoms with E-state index in [4.69, 9.17) is 0 Å². The van der Waals surface area contributed by atoms with Crippen molar-refractivity contribution in [1.82, 2.24) is 15.2 Å². The smallest absolute Gasteiger partial charge is 0.228 e. The third-order valence-electron chi connectivity index (χ3n) is 5.47. The Morgan fingerprint density at radius 2 is 1.93 bits per heavy atom. The molecule has 5 heteroatoms. The lowest BCUT2D eigenvalue weighted by molar-refractivity contribution is -0.117. The van der Waals surface area contributed by atoms with Crippen LogP contribution in [-0.2, 0) is 16.6 Å². The Morgan fingerprint density at radius 3 is 2.67 bits per heavy atom. The van der Waals surface area contributed by atoms with Crippen LogP contribution in [0.1, 0.15) is 35.4 Å². The van der Waals surface area contributed by atoms with Gasteiger partial charge in [0, 0.05) is 29.8 Å². The van der Waals surface area contributed by atoms with Crippen LogP contribution in [0.3, 0.4) is 0 Å². The summed E-state index contributed by atoms with van der Waals surface area (Å²) in [5.74, 6) is 0.852. The van der Waals surface area contributed by atoms with Gasteiger partial charge in [0.15, 0.2) is 5.82 Å². The van der Waals surface area contributed by atoms with Gasteiger partial charge in [0.05, 0.1) is 11.1 Å². The van der Waals surface area contributed by atoms with Crippen molar-refractivity contribution in [2.45, 2.75) is 24.7 Å².